The Kier molecular flexibility index (Phi) is 7.80. The van der Waals surface area contributed by atoms with Gasteiger partial charge in [0.2, 0.25) is 0 Å². The predicted octanol–water partition coefficient (Wildman–Crippen LogP) is 6.70. The van der Waals surface area contributed by atoms with Crippen LogP contribution in [0.5, 0.6) is 5.75 Å². The minimum atomic E-state index is -4.72. The molecule has 1 unspecified atom stereocenters. The van der Waals surface area contributed by atoms with Gasteiger partial charge in [0.1, 0.15) is 17.7 Å². The molecule has 3 aromatic carbocycles. The minimum absolute atomic E-state index is 0.139. The summed E-state index contributed by atoms with van der Waals surface area (Å²) in [5.74, 6) is -0.286. The minimum Gasteiger partial charge on any atom is -0.486 e. The number of ether oxygens (including phenoxy) is 1. The van der Waals surface area contributed by atoms with Crippen molar-refractivity contribution >= 4 is 39.0 Å². The second-order valence-corrected chi connectivity index (χ2v) is 11.7. The summed E-state index contributed by atoms with van der Waals surface area (Å²) in [4.78, 5) is -0.509. The van der Waals surface area contributed by atoms with Gasteiger partial charge in [-0.2, -0.15) is 13.2 Å². The summed E-state index contributed by atoms with van der Waals surface area (Å²) in [5, 5.41) is 7.86. The molecule has 41 heavy (non-hydrogen) atoms. The highest BCUT2D eigenvalue weighted by molar-refractivity contribution is 7.92. The Morgan fingerprint density at radius 3 is 2.63 bits per heavy atom. The van der Waals surface area contributed by atoms with E-state index in [9.17, 15) is 26.0 Å². The summed E-state index contributed by atoms with van der Waals surface area (Å²) >= 11 is 6.21. The molecule has 0 spiro atoms. The number of fused-ring (bicyclic) bond motifs is 1. The molecule has 0 N–H and O–H groups in total. The Morgan fingerprint density at radius 2 is 1.93 bits per heavy atom. The van der Waals surface area contributed by atoms with Crippen LogP contribution < -0.4 is 9.04 Å². The lowest BCUT2D eigenvalue weighted by molar-refractivity contribution is -0.137. The lowest BCUT2D eigenvalue weighted by Crippen LogP contribution is -2.44. The maximum absolute atomic E-state index is 14.5. The highest BCUT2D eigenvalue weighted by Crippen LogP contribution is 2.40. The Bertz CT molecular complexity index is 1690. The number of rotatable bonds is 7. The first kappa shape index (κ1) is 28.6. The Morgan fingerprint density at radius 1 is 1.15 bits per heavy atom. The van der Waals surface area contributed by atoms with Crippen LogP contribution in [0.25, 0.3) is 11.6 Å². The molecule has 1 aliphatic heterocycles. The molecule has 1 atom stereocenters. The van der Waals surface area contributed by atoms with Gasteiger partial charge in [-0.15, -0.1) is 5.10 Å². The van der Waals surface area contributed by atoms with Gasteiger partial charge in [0, 0.05) is 24.7 Å². The van der Waals surface area contributed by atoms with E-state index in [-0.39, 0.29) is 28.6 Å². The van der Waals surface area contributed by atoms with E-state index in [4.69, 9.17) is 16.3 Å². The van der Waals surface area contributed by atoms with Gasteiger partial charge in [-0.3, -0.25) is 8.99 Å². The zero-order valence-corrected chi connectivity index (χ0v) is 23.1. The lowest BCUT2D eigenvalue weighted by atomic mass is 10.0. The molecule has 214 valence electrons. The van der Waals surface area contributed by atoms with E-state index in [1.165, 1.54) is 24.4 Å². The molecule has 0 saturated heterocycles. The van der Waals surface area contributed by atoms with Crippen molar-refractivity contribution in [3.05, 3.63) is 101 Å². The number of aromatic nitrogens is 3. The fraction of sp³-hybridized carbons (Fsp3) is 0.214. The molecule has 0 fully saturated rings. The largest absolute Gasteiger partial charge is 0.486 e. The number of allylic oxidation sites excluding steroid dienone is 1. The highest BCUT2D eigenvalue weighted by Gasteiger charge is 2.37. The topological polar surface area (TPSA) is 77.3 Å². The van der Waals surface area contributed by atoms with Gasteiger partial charge in [0.15, 0.2) is 0 Å². The summed E-state index contributed by atoms with van der Waals surface area (Å²) < 4.78 is 91.2. The molecule has 7 nitrogen and oxygen atoms in total. The number of anilines is 1. The third-order valence-electron chi connectivity index (χ3n) is 6.56. The monoisotopic (exact) mass is 606 g/mol. The third kappa shape index (κ3) is 6.08. The average Bonchev–Trinajstić information content (AvgIpc) is 3.45. The van der Waals surface area contributed by atoms with Crippen LogP contribution in [0, 0.1) is 5.82 Å². The number of alkyl halides is 3. The molecule has 0 radical (unpaired) electrons. The van der Waals surface area contributed by atoms with E-state index in [1.807, 2.05) is 0 Å². The van der Waals surface area contributed by atoms with Crippen molar-refractivity contribution in [2.24, 2.45) is 0 Å². The molecule has 0 saturated carbocycles. The SMILES string of the molecule is CC(=Cc1ccc2c(c1)N(S(=O)(=O)c1cccc(C(F)(F)F)c1)CC(CCn1ccnn1)O2)c1c(F)cccc1Cl. The van der Waals surface area contributed by atoms with Crippen LogP contribution in [0.2, 0.25) is 5.02 Å². The van der Waals surface area contributed by atoms with Crippen molar-refractivity contribution in [3.63, 3.8) is 0 Å². The highest BCUT2D eigenvalue weighted by atomic mass is 35.5. The molecule has 0 bridgehead atoms. The summed E-state index contributed by atoms with van der Waals surface area (Å²) in [6, 6.07) is 12.7. The number of benzene rings is 3. The van der Waals surface area contributed by atoms with Crippen molar-refractivity contribution in [2.75, 3.05) is 10.8 Å². The van der Waals surface area contributed by atoms with Crippen LogP contribution in [0.4, 0.5) is 23.2 Å². The van der Waals surface area contributed by atoms with Crippen LogP contribution >= 0.6 is 11.6 Å². The van der Waals surface area contributed by atoms with Crippen molar-refractivity contribution in [3.8, 4) is 5.75 Å². The van der Waals surface area contributed by atoms with Crippen molar-refractivity contribution in [1.29, 1.82) is 0 Å². The summed E-state index contributed by atoms with van der Waals surface area (Å²) in [7, 11) is -4.46. The fourth-order valence-electron chi connectivity index (χ4n) is 4.58. The van der Waals surface area contributed by atoms with Gasteiger partial charge in [-0.25, -0.2) is 12.8 Å². The van der Waals surface area contributed by atoms with Gasteiger partial charge in [0.25, 0.3) is 10.0 Å². The molecule has 1 aliphatic rings. The van der Waals surface area contributed by atoms with Crippen LogP contribution in [0.1, 0.15) is 30.0 Å². The van der Waals surface area contributed by atoms with E-state index in [2.05, 4.69) is 10.3 Å². The van der Waals surface area contributed by atoms with Gasteiger partial charge in [-0.1, -0.05) is 41.1 Å². The smallest absolute Gasteiger partial charge is 0.416 e. The summed E-state index contributed by atoms with van der Waals surface area (Å²) in [5.41, 5.74) is 0.256. The van der Waals surface area contributed by atoms with E-state index < -0.39 is 38.6 Å². The van der Waals surface area contributed by atoms with E-state index in [0.717, 1.165) is 22.5 Å². The fourth-order valence-corrected chi connectivity index (χ4v) is 6.44. The maximum Gasteiger partial charge on any atom is 0.416 e. The van der Waals surface area contributed by atoms with Crippen molar-refractivity contribution in [2.45, 2.75) is 37.1 Å². The molecule has 0 amide bonds. The molecule has 0 aliphatic carbocycles. The second-order valence-electron chi connectivity index (χ2n) is 9.41. The van der Waals surface area contributed by atoms with Crippen LogP contribution in [0.15, 0.2) is 78.0 Å². The number of hydrogen-bond donors (Lipinski definition) is 0. The predicted molar refractivity (Wildman–Crippen MR) is 146 cm³/mol. The third-order valence-corrected chi connectivity index (χ3v) is 8.65. The van der Waals surface area contributed by atoms with E-state index >= 15 is 0 Å². The van der Waals surface area contributed by atoms with Crippen LogP contribution in [-0.2, 0) is 22.7 Å². The normalized spacial score (nSPS) is 15.9. The quantitative estimate of drug-likeness (QED) is 0.173. The Labute approximate surface area is 238 Å². The molecule has 4 aromatic rings. The molecular weight excluding hydrogens is 584 g/mol. The van der Waals surface area contributed by atoms with Gasteiger partial charge < -0.3 is 4.74 Å². The Hall–Kier alpha value is -3.90. The van der Waals surface area contributed by atoms with Crippen LogP contribution in [0.3, 0.4) is 0 Å². The number of aryl methyl sites for hydroxylation is 1. The van der Waals surface area contributed by atoms with Gasteiger partial charge in [-0.05, 0) is 60.5 Å². The second kappa shape index (κ2) is 11.2. The average molecular weight is 607 g/mol. The number of sulfonamides is 1. The molecular formula is C28H23ClF4N4O3S. The first-order chi connectivity index (χ1) is 19.4. The van der Waals surface area contributed by atoms with E-state index in [1.54, 1.807) is 42.1 Å². The summed E-state index contributed by atoms with van der Waals surface area (Å²) in [6.45, 7) is 1.88. The van der Waals surface area contributed by atoms with Gasteiger partial charge >= 0.3 is 6.18 Å². The lowest BCUT2D eigenvalue weighted by Gasteiger charge is -2.36. The Balaban J connectivity index is 1.56. The van der Waals surface area contributed by atoms with E-state index in [0.29, 0.717) is 30.2 Å². The zero-order chi connectivity index (χ0) is 29.4. The van der Waals surface area contributed by atoms with Crippen molar-refractivity contribution in [1.82, 2.24) is 15.0 Å². The molecule has 13 heteroatoms. The van der Waals surface area contributed by atoms with Crippen molar-refractivity contribution < 1.29 is 30.7 Å². The number of halogens is 5. The molecule has 5 rings (SSSR count). The summed E-state index contributed by atoms with van der Waals surface area (Å²) in [6.07, 6.45) is -0.213. The van der Waals surface area contributed by atoms with Gasteiger partial charge in [0.05, 0.1) is 33.9 Å². The van der Waals surface area contributed by atoms with Crippen LogP contribution in [-0.4, -0.2) is 36.1 Å². The first-order valence-electron chi connectivity index (χ1n) is 12.4. The standard InChI is InChI=1S/C28H23ClF4N4O3S/c1-18(27-23(29)6-3-7-24(27)30)14-19-8-9-26-25(15-19)37(17-21(40-26)10-12-36-13-11-34-35-36)41(38,39)22-5-2-4-20(16-22)28(31,32)33/h2-9,11,13-16,21H,10,12,17H2,1H3. The number of nitrogens with zero attached hydrogens (tertiary/aromatic N) is 4. The molecule has 1 aromatic heterocycles. The first-order valence-corrected chi connectivity index (χ1v) is 14.2. The zero-order valence-electron chi connectivity index (χ0n) is 21.5. The number of hydrogen-bond acceptors (Lipinski definition) is 5. The maximum atomic E-state index is 14.5. The molecule has 2 heterocycles.